The van der Waals surface area contributed by atoms with E-state index < -0.39 is 0 Å². The van der Waals surface area contributed by atoms with Gasteiger partial charge in [0.2, 0.25) is 0 Å². The summed E-state index contributed by atoms with van der Waals surface area (Å²) in [5.74, 6) is 0.545. The van der Waals surface area contributed by atoms with Gasteiger partial charge in [-0.2, -0.15) is 0 Å². The van der Waals surface area contributed by atoms with Gasteiger partial charge in [0.05, 0.1) is 17.8 Å². The summed E-state index contributed by atoms with van der Waals surface area (Å²) >= 11 is 3.27. The molecular formula is C17H19BrFNO. The molecule has 0 spiro atoms. The normalized spacial score (nSPS) is 12.3. The second-order valence-electron chi connectivity index (χ2n) is 5.19. The molecule has 0 saturated carbocycles. The molecule has 0 aromatic heterocycles. The van der Waals surface area contributed by atoms with E-state index in [1.807, 2.05) is 51.1 Å². The number of nitrogens with one attached hydrogen (secondary N) is 1. The van der Waals surface area contributed by atoms with Crippen LogP contribution < -0.4 is 10.1 Å². The Labute approximate surface area is 133 Å². The molecule has 0 fully saturated rings. The standard InChI is InChI=1S/C17H19BrFNO/c1-11(2)21-17-7-5-4-6-16(17)20-12(3)14-9-8-13(18)10-15(14)19/h4-12,20H,1-3H3. The second kappa shape index (κ2) is 6.94. The fourth-order valence-corrected chi connectivity index (χ4v) is 2.44. The van der Waals surface area contributed by atoms with Crippen LogP contribution in [0.4, 0.5) is 10.1 Å². The van der Waals surface area contributed by atoms with Gasteiger partial charge in [0.25, 0.3) is 0 Å². The maximum Gasteiger partial charge on any atom is 0.142 e. The number of halogens is 2. The first-order chi connectivity index (χ1) is 9.97. The molecule has 2 rings (SSSR count). The predicted molar refractivity (Wildman–Crippen MR) is 88.3 cm³/mol. The molecule has 0 saturated heterocycles. The number of rotatable bonds is 5. The van der Waals surface area contributed by atoms with Crippen molar-refractivity contribution in [3.8, 4) is 5.75 Å². The lowest BCUT2D eigenvalue weighted by atomic mass is 10.1. The minimum Gasteiger partial charge on any atom is -0.489 e. The van der Waals surface area contributed by atoms with E-state index in [9.17, 15) is 4.39 Å². The fraction of sp³-hybridized carbons (Fsp3) is 0.294. The summed E-state index contributed by atoms with van der Waals surface area (Å²) < 4.78 is 20.5. The third kappa shape index (κ3) is 4.21. The zero-order valence-corrected chi connectivity index (χ0v) is 13.9. The molecule has 2 nitrogen and oxygen atoms in total. The number of hydrogen-bond donors (Lipinski definition) is 1. The molecule has 4 heteroatoms. The molecule has 0 amide bonds. The molecule has 0 aliphatic rings. The van der Waals surface area contributed by atoms with Crippen LogP contribution in [-0.4, -0.2) is 6.10 Å². The van der Waals surface area contributed by atoms with Crippen LogP contribution >= 0.6 is 15.9 Å². The quantitative estimate of drug-likeness (QED) is 0.762. The SMILES string of the molecule is CC(C)Oc1ccccc1NC(C)c1ccc(Br)cc1F. The summed E-state index contributed by atoms with van der Waals surface area (Å²) in [5, 5.41) is 3.31. The summed E-state index contributed by atoms with van der Waals surface area (Å²) in [5.41, 5.74) is 1.48. The van der Waals surface area contributed by atoms with Crippen molar-refractivity contribution < 1.29 is 9.13 Å². The van der Waals surface area contributed by atoms with E-state index in [1.165, 1.54) is 6.07 Å². The predicted octanol–water partition coefficient (Wildman–Crippen LogP) is 5.55. The summed E-state index contributed by atoms with van der Waals surface area (Å²) in [6.07, 6.45) is 0.0904. The number of anilines is 1. The largest absolute Gasteiger partial charge is 0.489 e. The van der Waals surface area contributed by atoms with E-state index in [0.717, 1.165) is 15.9 Å². The van der Waals surface area contributed by atoms with Crippen molar-refractivity contribution in [1.29, 1.82) is 0 Å². The molecule has 1 unspecified atom stereocenters. The molecule has 2 aromatic carbocycles. The number of hydrogen-bond acceptors (Lipinski definition) is 2. The monoisotopic (exact) mass is 351 g/mol. The Morgan fingerprint density at radius 3 is 2.48 bits per heavy atom. The highest BCUT2D eigenvalue weighted by molar-refractivity contribution is 9.10. The molecule has 0 radical (unpaired) electrons. The van der Waals surface area contributed by atoms with E-state index in [2.05, 4.69) is 21.2 Å². The van der Waals surface area contributed by atoms with Gasteiger partial charge in [-0.3, -0.25) is 0 Å². The van der Waals surface area contributed by atoms with E-state index >= 15 is 0 Å². The highest BCUT2D eigenvalue weighted by Crippen LogP contribution is 2.30. The smallest absolute Gasteiger partial charge is 0.142 e. The molecule has 0 heterocycles. The van der Waals surface area contributed by atoms with Crippen molar-refractivity contribution in [1.82, 2.24) is 0 Å². The summed E-state index contributed by atoms with van der Waals surface area (Å²) in [7, 11) is 0. The molecule has 1 N–H and O–H groups in total. The molecular weight excluding hydrogens is 333 g/mol. The Kier molecular flexibility index (Phi) is 5.23. The van der Waals surface area contributed by atoms with Crippen LogP contribution in [0.1, 0.15) is 32.4 Å². The van der Waals surface area contributed by atoms with Gasteiger partial charge in [-0.1, -0.05) is 34.1 Å². The van der Waals surface area contributed by atoms with Gasteiger partial charge in [0, 0.05) is 10.0 Å². The first kappa shape index (κ1) is 15.8. The van der Waals surface area contributed by atoms with Crippen LogP contribution in [0.2, 0.25) is 0 Å². The second-order valence-corrected chi connectivity index (χ2v) is 6.11. The van der Waals surface area contributed by atoms with E-state index in [0.29, 0.717) is 5.56 Å². The third-order valence-corrected chi connectivity index (χ3v) is 3.54. The Hall–Kier alpha value is -1.55. The van der Waals surface area contributed by atoms with Crippen molar-refractivity contribution in [2.24, 2.45) is 0 Å². The Morgan fingerprint density at radius 2 is 1.81 bits per heavy atom. The van der Waals surface area contributed by atoms with Gasteiger partial charge in [0.1, 0.15) is 11.6 Å². The average Bonchev–Trinajstić information content (AvgIpc) is 2.40. The Balaban J connectivity index is 2.21. The van der Waals surface area contributed by atoms with Gasteiger partial charge < -0.3 is 10.1 Å². The first-order valence-corrected chi connectivity index (χ1v) is 7.74. The van der Waals surface area contributed by atoms with Gasteiger partial charge in [-0.25, -0.2) is 4.39 Å². The Bertz CT molecular complexity index is 615. The van der Waals surface area contributed by atoms with Gasteiger partial charge in [-0.15, -0.1) is 0 Å². The van der Waals surface area contributed by atoms with Crippen molar-refractivity contribution in [3.05, 3.63) is 58.3 Å². The maximum absolute atomic E-state index is 14.0. The van der Waals surface area contributed by atoms with E-state index in [4.69, 9.17) is 4.74 Å². The summed E-state index contributed by atoms with van der Waals surface area (Å²) in [6.45, 7) is 5.89. The van der Waals surface area contributed by atoms with Crippen LogP contribution in [0.5, 0.6) is 5.75 Å². The minimum absolute atomic E-state index is 0.0904. The summed E-state index contributed by atoms with van der Waals surface area (Å²) in [6, 6.07) is 12.6. The highest BCUT2D eigenvalue weighted by Gasteiger charge is 2.13. The molecule has 0 aliphatic heterocycles. The number of ether oxygens (including phenoxy) is 1. The zero-order chi connectivity index (χ0) is 15.4. The molecule has 1 atom stereocenters. The van der Waals surface area contributed by atoms with Crippen LogP contribution in [0.3, 0.4) is 0 Å². The molecule has 0 bridgehead atoms. The van der Waals surface area contributed by atoms with Crippen LogP contribution in [0.25, 0.3) is 0 Å². The number of para-hydroxylation sites is 2. The lowest BCUT2D eigenvalue weighted by molar-refractivity contribution is 0.243. The lowest BCUT2D eigenvalue weighted by Gasteiger charge is -2.20. The van der Waals surface area contributed by atoms with Crippen LogP contribution in [-0.2, 0) is 0 Å². The molecule has 112 valence electrons. The lowest BCUT2D eigenvalue weighted by Crippen LogP contribution is -2.12. The van der Waals surface area contributed by atoms with E-state index in [1.54, 1.807) is 6.07 Å². The zero-order valence-electron chi connectivity index (χ0n) is 12.4. The topological polar surface area (TPSA) is 21.3 Å². The number of benzene rings is 2. The fourth-order valence-electron chi connectivity index (χ4n) is 2.11. The van der Waals surface area contributed by atoms with Crippen molar-refractivity contribution in [2.75, 3.05) is 5.32 Å². The first-order valence-electron chi connectivity index (χ1n) is 6.94. The van der Waals surface area contributed by atoms with E-state index in [-0.39, 0.29) is 18.0 Å². The average molecular weight is 352 g/mol. The van der Waals surface area contributed by atoms with Crippen LogP contribution in [0, 0.1) is 5.82 Å². The maximum atomic E-state index is 14.0. The van der Waals surface area contributed by atoms with Crippen molar-refractivity contribution >= 4 is 21.6 Å². The van der Waals surface area contributed by atoms with Gasteiger partial charge in [0.15, 0.2) is 0 Å². The van der Waals surface area contributed by atoms with Crippen molar-refractivity contribution in [2.45, 2.75) is 32.9 Å². The molecule has 0 aliphatic carbocycles. The van der Waals surface area contributed by atoms with Gasteiger partial charge in [-0.05, 0) is 45.0 Å². The minimum atomic E-state index is -0.230. The summed E-state index contributed by atoms with van der Waals surface area (Å²) in [4.78, 5) is 0. The van der Waals surface area contributed by atoms with Crippen LogP contribution in [0.15, 0.2) is 46.9 Å². The van der Waals surface area contributed by atoms with Gasteiger partial charge >= 0.3 is 0 Å². The molecule has 21 heavy (non-hydrogen) atoms. The van der Waals surface area contributed by atoms with Crippen molar-refractivity contribution in [3.63, 3.8) is 0 Å². The highest BCUT2D eigenvalue weighted by atomic mass is 79.9. The molecule has 2 aromatic rings. The third-order valence-electron chi connectivity index (χ3n) is 3.05. The Morgan fingerprint density at radius 1 is 1.10 bits per heavy atom.